The maximum Gasteiger partial charge on any atom is 0.0878 e. The molecule has 1 aliphatic rings. The van der Waals surface area contributed by atoms with Crippen LogP contribution in [-0.2, 0) is 16.8 Å². The van der Waals surface area contributed by atoms with Crippen LogP contribution in [-0.4, -0.2) is 25.1 Å². The van der Waals surface area contributed by atoms with E-state index in [9.17, 15) is 0 Å². The summed E-state index contributed by atoms with van der Waals surface area (Å²) in [6.45, 7) is 12.1. The smallest absolute Gasteiger partial charge is 0.0878 e. The van der Waals surface area contributed by atoms with Gasteiger partial charge in [-0.1, -0.05) is 63.6 Å². The molecule has 0 aromatic heterocycles. The van der Waals surface area contributed by atoms with Crippen molar-refractivity contribution < 1.29 is 4.74 Å². The van der Waals surface area contributed by atoms with Gasteiger partial charge in [-0.25, -0.2) is 0 Å². The molecule has 1 aliphatic heterocycles. The predicted molar refractivity (Wildman–Crippen MR) is 114 cm³/mol. The number of hydrogen-bond acceptors (Lipinski definition) is 3. The van der Waals surface area contributed by atoms with Crippen LogP contribution < -0.4 is 0 Å². The van der Waals surface area contributed by atoms with Crippen LogP contribution in [0.5, 0.6) is 0 Å². The normalized spacial score (nSPS) is 13.7. The molecule has 0 aliphatic carbocycles. The molecular formula is C22H33NOS. The summed E-state index contributed by atoms with van der Waals surface area (Å²) in [6, 6.07) is 8.65. The lowest BCUT2D eigenvalue weighted by Gasteiger charge is -2.28. The highest BCUT2D eigenvalue weighted by atomic mass is 32.2. The molecule has 0 saturated carbocycles. The maximum atomic E-state index is 6.22. The van der Waals surface area contributed by atoms with E-state index in [0.717, 1.165) is 31.7 Å². The summed E-state index contributed by atoms with van der Waals surface area (Å²) in [6.07, 6.45) is 10.3. The Balaban J connectivity index is 0.00000151. The van der Waals surface area contributed by atoms with Crippen LogP contribution in [0.1, 0.15) is 52.2 Å². The fourth-order valence-electron chi connectivity index (χ4n) is 2.70. The SMILES string of the molecule is CC.CCCc1ccccc1C(C)(C)OCCSC1=CC=CC=NC1. The van der Waals surface area contributed by atoms with Crippen molar-refractivity contribution in [2.24, 2.45) is 4.99 Å². The summed E-state index contributed by atoms with van der Waals surface area (Å²) in [5.41, 5.74) is 2.47. The minimum Gasteiger partial charge on any atom is -0.370 e. The molecule has 0 fully saturated rings. The Bertz CT molecular complexity index is 587. The third-order valence-corrected chi connectivity index (χ3v) is 4.86. The molecule has 0 spiro atoms. The lowest BCUT2D eigenvalue weighted by Crippen LogP contribution is -2.24. The molecule has 0 radical (unpaired) electrons. The monoisotopic (exact) mass is 359 g/mol. The van der Waals surface area contributed by atoms with Crippen molar-refractivity contribution in [3.05, 3.63) is 58.5 Å². The number of benzene rings is 1. The van der Waals surface area contributed by atoms with Crippen molar-refractivity contribution in [1.29, 1.82) is 0 Å². The number of aliphatic imine (C=N–C) groups is 1. The van der Waals surface area contributed by atoms with Crippen LogP contribution >= 0.6 is 11.8 Å². The fraction of sp³-hybridized carbons (Fsp3) is 0.500. The second kappa shape index (κ2) is 12.1. The quantitative estimate of drug-likeness (QED) is 0.517. The lowest BCUT2D eigenvalue weighted by atomic mass is 9.91. The summed E-state index contributed by atoms with van der Waals surface area (Å²) in [7, 11) is 0. The van der Waals surface area contributed by atoms with Crippen molar-refractivity contribution in [2.75, 3.05) is 18.9 Å². The first-order valence-corrected chi connectivity index (χ1v) is 10.3. The predicted octanol–water partition coefficient (Wildman–Crippen LogP) is 6.17. The number of allylic oxidation sites excluding steroid dienone is 3. The topological polar surface area (TPSA) is 21.6 Å². The highest BCUT2D eigenvalue weighted by molar-refractivity contribution is 8.03. The number of nitrogens with zero attached hydrogens (tertiary/aromatic N) is 1. The van der Waals surface area contributed by atoms with Gasteiger partial charge in [-0.15, -0.1) is 11.8 Å². The standard InChI is InChI=1S/C20H27NOS.C2H6/c1-4-9-17-10-5-6-12-19(17)20(2,3)22-14-15-23-18-11-7-8-13-21-16-18;1-2/h5-8,10-13H,4,9,14-16H2,1-3H3;1-2H3. The van der Waals surface area contributed by atoms with Crippen molar-refractivity contribution in [3.63, 3.8) is 0 Å². The molecule has 0 amide bonds. The van der Waals surface area contributed by atoms with Gasteiger partial charge in [0.15, 0.2) is 0 Å². The largest absolute Gasteiger partial charge is 0.370 e. The van der Waals surface area contributed by atoms with Gasteiger partial charge in [0.1, 0.15) is 0 Å². The van der Waals surface area contributed by atoms with E-state index in [0.29, 0.717) is 0 Å². The lowest BCUT2D eigenvalue weighted by molar-refractivity contribution is -0.0130. The van der Waals surface area contributed by atoms with E-state index in [2.05, 4.69) is 56.1 Å². The summed E-state index contributed by atoms with van der Waals surface area (Å²) in [5, 5.41) is 0. The number of thioether (sulfide) groups is 1. The molecule has 0 unspecified atom stereocenters. The van der Waals surface area contributed by atoms with Gasteiger partial charge in [0.25, 0.3) is 0 Å². The highest BCUT2D eigenvalue weighted by Crippen LogP contribution is 2.29. The molecule has 3 heteroatoms. The molecule has 0 bridgehead atoms. The van der Waals surface area contributed by atoms with Crippen molar-refractivity contribution in [3.8, 4) is 0 Å². The summed E-state index contributed by atoms with van der Waals surface area (Å²) >= 11 is 1.83. The number of aryl methyl sites for hydroxylation is 1. The Morgan fingerprint density at radius 3 is 2.68 bits per heavy atom. The average Bonchev–Trinajstić information content (AvgIpc) is 2.90. The van der Waals surface area contributed by atoms with Gasteiger partial charge in [-0.2, -0.15) is 0 Å². The number of ether oxygens (including phenoxy) is 1. The van der Waals surface area contributed by atoms with Gasteiger partial charge in [0, 0.05) is 16.9 Å². The maximum absolute atomic E-state index is 6.22. The Kier molecular flexibility index (Phi) is 10.5. The molecular weight excluding hydrogens is 326 g/mol. The van der Waals surface area contributed by atoms with Crippen LogP contribution in [0.3, 0.4) is 0 Å². The molecule has 25 heavy (non-hydrogen) atoms. The van der Waals surface area contributed by atoms with Crippen molar-refractivity contribution in [2.45, 2.75) is 53.1 Å². The second-order valence-corrected chi connectivity index (χ2v) is 7.34. The molecule has 0 N–H and O–H groups in total. The van der Waals surface area contributed by atoms with Gasteiger partial charge < -0.3 is 4.74 Å². The van der Waals surface area contributed by atoms with E-state index in [-0.39, 0.29) is 5.60 Å². The van der Waals surface area contributed by atoms with Crippen LogP contribution in [0.2, 0.25) is 0 Å². The van der Waals surface area contributed by atoms with E-state index in [1.54, 1.807) is 0 Å². The van der Waals surface area contributed by atoms with Crippen LogP contribution in [0, 0.1) is 0 Å². The van der Waals surface area contributed by atoms with Crippen molar-refractivity contribution >= 4 is 18.0 Å². The van der Waals surface area contributed by atoms with Crippen molar-refractivity contribution in [1.82, 2.24) is 0 Å². The molecule has 138 valence electrons. The highest BCUT2D eigenvalue weighted by Gasteiger charge is 2.23. The second-order valence-electron chi connectivity index (χ2n) is 6.12. The van der Waals surface area contributed by atoms with Crippen LogP contribution in [0.4, 0.5) is 0 Å². The summed E-state index contributed by atoms with van der Waals surface area (Å²) in [5.74, 6) is 0.953. The van der Waals surface area contributed by atoms with E-state index < -0.39 is 0 Å². The minimum absolute atomic E-state index is 0.248. The molecule has 0 atom stereocenters. The molecule has 1 aromatic rings. The summed E-state index contributed by atoms with van der Waals surface area (Å²) < 4.78 is 6.22. The third kappa shape index (κ3) is 7.62. The van der Waals surface area contributed by atoms with E-state index in [1.807, 2.05) is 44.0 Å². The van der Waals surface area contributed by atoms with Crippen LogP contribution in [0.15, 0.2) is 52.4 Å². The molecule has 1 heterocycles. The first-order valence-electron chi connectivity index (χ1n) is 9.34. The van der Waals surface area contributed by atoms with Crippen LogP contribution in [0.25, 0.3) is 0 Å². The van der Waals surface area contributed by atoms with Gasteiger partial charge in [0.05, 0.1) is 18.8 Å². The summed E-state index contributed by atoms with van der Waals surface area (Å²) in [4.78, 5) is 5.61. The van der Waals surface area contributed by atoms with Gasteiger partial charge in [0.2, 0.25) is 0 Å². The van der Waals surface area contributed by atoms with E-state index in [1.165, 1.54) is 16.0 Å². The zero-order valence-corrected chi connectivity index (χ0v) is 17.2. The Labute approximate surface area is 158 Å². The first-order chi connectivity index (χ1) is 12.1. The Hall–Kier alpha value is -1.32. The van der Waals surface area contributed by atoms with Gasteiger partial charge in [-0.05, 0) is 37.5 Å². The average molecular weight is 360 g/mol. The zero-order valence-electron chi connectivity index (χ0n) is 16.4. The Morgan fingerprint density at radius 2 is 1.92 bits per heavy atom. The fourth-order valence-corrected chi connectivity index (χ4v) is 3.47. The van der Waals surface area contributed by atoms with Gasteiger partial charge in [-0.3, -0.25) is 4.99 Å². The molecule has 2 nitrogen and oxygen atoms in total. The first kappa shape index (κ1) is 21.7. The van der Waals surface area contributed by atoms with E-state index in [4.69, 9.17) is 4.74 Å². The number of rotatable bonds is 8. The molecule has 0 saturated heterocycles. The third-order valence-electron chi connectivity index (χ3n) is 3.85. The number of hydrogen-bond donors (Lipinski definition) is 0. The minimum atomic E-state index is -0.248. The van der Waals surface area contributed by atoms with Gasteiger partial charge >= 0.3 is 0 Å². The zero-order chi connectivity index (χ0) is 18.5. The molecule has 2 rings (SSSR count). The Morgan fingerprint density at radius 1 is 1.16 bits per heavy atom. The van der Waals surface area contributed by atoms with E-state index >= 15 is 0 Å². The molecule has 1 aromatic carbocycles.